The molecule has 0 aromatic heterocycles. The maximum absolute atomic E-state index is 12.0. The van der Waals surface area contributed by atoms with E-state index in [0.717, 1.165) is 25.7 Å². The molecule has 0 aliphatic carbocycles. The van der Waals surface area contributed by atoms with Crippen LogP contribution in [0.15, 0.2) is 29.3 Å². The Morgan fingerprint density at radius 1 is 0.897 bits per heavy atom. The lowest BCUT2D eigenvalue weighted by Crippen LogP contribution is -2.22. The number of hydrogen-bond acceptors (Lipinski definition) is 5. The van der Waals surface area contributed by atoms with Gasteiger partial charge in [0.05, 0.1) is 12.2 Å². The average molecular weight is 406 g/mol. The largest absolute Gasteiger partial charge is 0.462 e. The lowest BCUT2D eigenvalue weighted by Gasteiger charge is -2.07. The van der Waals surface area contributed by atoms with Crippen LogP contribution in [0.25, 0.3) is 0 Å². The van der Waals surface area contributed by atoms with Crippen LogP contribution < -0.4 is 16.2 Å². The molecule has 4 N–H and O–H groups in total. The maximum atomic E-state index is 12.0. The first kappa shape index (κ1) is 24.5. The van der Waals surface area contributed by atoms with Crippen LogP contribution in [0.2, 0.25) is 0 Å². The summed E-state index contributed by atoms with van der Waals surface area (Å²) in [5, 5.41) is 0. The zero-order valence-corrected chi connectivity index (χ0v) is 17.5. The highest BCUT2D eigenvalue weighted by Crippen LogP contribution is 2.15. The van der Waals surface area contributed by atoms with Crippen LogP contribution in [0, 0.1) is 0 Å². The predicted molar refractivity (Wildman–Crippen MR) is 115 cm³/mol. The van der Waals surface area contributed by atoms with E-state index in [4.69, 9.17) is 20.9 Å². The molecule has 29 heavy (non-hydrogen) atoms. The van der Waals surface area contributed by atoms with Gasteiger partial charge < -0.3 is 20.9 Å². The molecule has 0 bridgehead atoms. The molecular weight excluding hydrogens is 370 g/mol. The van der Waals surface area contributed by atoms with E-state index in [1.807, 2.05) is 0 Å². The van der Waals surface area contributed by atoms with Gasteiger partial charge in [-0.15, -0.1) is 0 Å². The van der Waals surface area contributed by atoms with Crippen LogP contribution >= 0.6 is 0 Å². The van der Waals surface area contributed by atoms with Crippen LogP contribution in [-0.2, 0) is 9.53 Å². The van der Waals surface area contributed by atoms with Crippen molar-refractivity contribution in [2.45, 2.75) is 71.1 Å². The molecule has 0 fully saturated rings. The number of unbranched alkanes of at least 4 members (excludes halogenated alkanes) is 7. The number of benzene rings is 1. The Labute approximate surface area is 173 Å². The zero-order chi connectivity index (χ0) is 21.3. The SMILES string of the molecule is CCCCCCCCOC(=O)c1ccc(OC(=O)CCCCCN=C(N)N)cc1. The normalized spacial score (nSPS) is 10.4. The van der Waals surface area contributed by atoms with E-state index in [1.165, 1.54) is 25.7 Å². The van der Waals surface area contributed by atoms with Crippen molar-refractivity contribution in [1.82, 2.24) is 0 Å². The number of nitrogens with zero attached hydrogens (tertiary/aromatic N) is 1. The fraction of sp³-hybridized carbons (Fsp3) is 0.591. The minimum absolute atomic E-state index is 0.0825. The number of hydrogen-bond donors (Lipinski definition) is 2. The Balaban J connectivity index is 2.21. The van der Waals surface area contributed by atoms with Gasteiger partial charge in [0.1, 0.15) is 5.75 Å². The van der Waals surface area contributed by atoms with Gasteiger partial charge >= 0.3 is 11.9 Å². The van der Waals surface area contributed by atoms with E-state index in [1.54, 1.807) is 24.3 Å². The van der Waals surface area contributed by atoms with Gasteiger partial charge in [0.25, 0.3) is 0 Å². The van der Waals surface area contributed by atoms with E-state index >= 15 is 0 Å². The van der Waals surface area contributed by atoms with Crippen molar-refractivity contribution in [2.75, 3.05) is 13.2 Å². The number of aliphatic imine (C=N–C) groups is 1. The summed E-state index contributed by atoms with van der Waals surface area (Å²) < 4.78 is 10.6. The monoisotopic (exact) mass is 405 g/mol. The standard InChI is InChI=1S/C22H35N3O4/c1-2-3-4-5-6-10-17-28-21(27)18-12-14-19(15-13-18)29-20(26)11-8-7-9-16-25-22(23)24/h12-15H,2-11,16-17H2,1H3,(H4,23,24,25). The van der Waals surface area contributed by atoms with Crippen molar-refractivity contribution in [3.63, 3.8) is 0 Å². The highest BCUT2D eigenvalue weighted by atomic mass is 16.5. The Kier molecular flexibility index (Phi) is 13.0. The summed E-state index contributed by atoms with van der Waals surface area (Å²) in [4.78, 5) is 27.8. The molecule has 1 aromatic carbocycles. The molecule has 0 aliphatic rings. The number of rotatable bonds is 15. The zero-order valence-electron chi connectivity index (χ0n) is 17.5. The molecule has 7 nitrogen and oxygen atoms in total. The number of esters is 2. The minimum Gasteiger partial charge on any atom is -0.462 e. The maximum Gasteiger partial charge on any atom is 0.338 e. The Morgan fingerprint density at radius 2 is 1.55 bits per heavy atom. The molecule has 0 spiro atoms. The van der Waals surface area contributed by atoms with Crippen molar-refractivity contribution in [3.8, 4) is 5.75 Å². The van der Waals surface area contributed by atoms with Gasteiger partial charge in [0.2, 0.25) is 0 Å². The van der Waals surface area contributed by atoms with Crippen molar-refractivity contribution in [3.05, 3.63) is 29.8 Å². The molecule has 1 aromatic rings. The predicted octanol–water partition coefficient (Wildman–Crippen LogP) is 3.94. The average Bonchev–Trinajstić information content (AvgIpc) is 2.70. The summed E-state index contributed by atoms with van der Waals surface area (Å²) >= 11 is 0. The van der Waals surface area contributed by atoms with Crippen molar-refractivity contribution in [1.29, 1.82) is 0 Å². The molecule has 0 unspecified atom stereocenters. The number of guanidine groups is 1. The van der Waals surface area contributed by atoms with Crippen LogP contribution in [0.1, 0.15) is 81.5 Å². The highest BCUT2D eigenvalue weighted by Gasteiger charge is 2.09. The summed E-state index contributed by atoms with van der Waals surface area (Å²) in [6, 6.07) is 6.44. The number of ether oxygens (including phenoxy) is 2. The third-order valence-electron chi connectivity index (χ3n) is 4.39. The van der Waals surface area contributed by atoms with Gasteiger partial charge in [-0.05, 0) is 43.5 Å². The Bertz CT molecular complexity index is 625. The lowest BCUT2D eigenvalue weighted by atomic mass is 10.1. The number of carbonyl (C=O) groups is 2. The topological polar surface area (TPSA) is 117 Å². The highest BCUT2D eigenvalue weighted by molar-refractivity contribution is 5.89. The molecule has 0 radical (unpaired) electrons. The van der Waals surface area contributed by atoms with Crippen molar-refractivity contribution in [2.24, 2.45) is 16.5 Å². The fourth-order valence-electron chi connectivity index (χ4n) is 2.74. The van der Waals surface area contributed by atoms with E-state index in [-0.39, 0.29) is 17.9 Å². The van der Waals surface area contributed by atoms with Gasteiger partial charge in [0.15, 0.2) is 5.96 Å². The molecular formula is C22H35N3O4. The Hall–Kier alpha value is -2.57. The molecule has 0 amide bonds. The van der Waals surface area contributed by atoms with E-state index in [9.17, 15) is 9.59 Å². The first-order valence-corrected chi connectivity index (χ1v) is 10.6. The second kappa shape index (κ2) is 15.4. The summed E-state index contributed by atoms with van der Waals surface area (Å²) in [5.41, 5.74) is 10.9. The quantitative estimate of drug-likeness (QED) is 0.150. The molecule has 0 saturated carbocycles. The minimum atomic E-state index is -0.350. The number of carbonyl (C=O) groups excluding carboxylic acids is 2. The smallest absolute Gasteiger partial charge is 0.338 e. The van der Waals surface area contributed by atoms with Crippen molar-refractivity contribution < 1.29 is 19.1 Å². The number of nitrogens with two attached hydrogens (primary N) is 2. The summed E-state index contributed by atoms with van der Waals surface area (Å²) in [7, 11) is 0. The van der Waals surface area contributed by atoms with E-state index < -0.39 is 0 Å². The first-order valence-electron chi connectivity index (χ1n) is 10.6. The van der Waals surface area contributed by atoms with E-state index in [2.05, 4.69) is 11.9 Å². The van der Waals surface area contributed by atoms with Gasteiger partial charge in [-0.2, -0.15) is 0 Å². The van der Waals surface area contributed by atoms with Crippen LogP contribution in [0.4, 0.5) is 0 Å². The molecule has 7 heteroatoms. The second-order valence-electron chi connectivity index (χ2n) is 7.02. The molecule has 162 valence electrons. The molecule has 0 aliphatic heterocycles. The molecule has 0 heterocycles. The summed E-state index contributed by atoms with van der Waals surface area (Å²) in [5.74, 6) is -0.149. The molecule has 0 saturated heterocycles. The van der Waals surface area contributed by atoms with Crippen molar-refractivity contribution >= 4 is 17.9 Å². The van der Waals surface area contributed by atoms with Gasteiger partial charge in [-0.3, -0.25) is 9.79 Å². The van der Waals surface area contributed by atoms with Crippen LogP contribution in [0.5, 0.6) is 5.75 Å². The molecule has 1 rings (SSSR count). The van der Waals surface area contributed by atoms with Crippen LogP contribution in [0.3, 0.4) is 0 Å². The van der Waals surface area contributed by atoms with Gasteiger partial charge in [-0.25, -0.2) is 4.79 Å². The van der Waals surface area contributed by atoms with Gasteiger partial charge in [-0.1, -0.05) is 45.4 Å². The third kappa shape index (κ3) is 12.5. The third-order valence-corrected chi connectivity index (χ3v) is 4.39. The van der Waals surface area contributed by atoms with Crippen LogP contribution in [-0.4, -0.2) is 31.0 Å². The van der Waals surface area contributed by atoms with E-state index in [0.29, 0.717) is 37.3 Å². The Morgan fingerprint density at radius 3 is 2.24 bits per heavy atom. The summed E-state index contributed by atoms with van der Waals surface area (Å²) in [6.45, 7) is 3.19. The lowest BCUT2D eigenvalue weighted by molar-refractivity contribution is -0.134. The van der Waals surface area contributed by atoms with Gasteiger partial charge in [0, 0.05) is 13.0 Å². The fourth-order valence-corrected chi connectivity index (χ4v) is 2.74. The molecule has 0 atom stereocenters. The first-order chi connectivity index (χ1) is 14.0. The summed E-state index contributed by atoms with van der Waals surface area (Å²) in [6.07, 6.45) is 9.57. The second-order valence-corrected chi connectivity index (χ2v) is 7.02.